The first-order chi connectivity index (χ1) is 21.3. The zero-order chi connectivity index (χ0) is 32.0. The van der Waals surface area contributed by atoms with E-state index in [1.54, 1.807) is 13.0 Å². The highest BCUT2D eigenvalue weighted by atomic mass is 32.2. The van der Waals surface area contributed by atoms with Crippen molar-refractivity contribution >= 4 is 21.8 Å². The van der Waals surface area contributed by atoms with E-state index < -0.39 is 32.3 Å². The van der Waals surface area contributed by atoms with Crippen molar-refractivity contribution in [2.75, 3.05) is 6.54 Å². The van der Waals surface area contributed by atoms with Crippen LogP contribution in [0.3, 0.4) is 0 Å². The second kappa shape index (κ2) is 12.0. The predicted molar refractivity (Wildman–Crippen MR) is 172 cm³/mol. The van der Waals surface area contributed by atoms with Gasteiger partial charge < -0.3 is 15.4 Å². The molecule has 3 saturated carbocycles. The molecule has 2 aromatic carbocycles. The Bertz CT molecular complexity index is 1570. The van der Waals surface area contributed by atoms with Gasteiger partial charge in [0.1, 0.15) is 11.9 Å². The number of carbonyl (C=O) groups excluding carboxylic acids is 2. The van der Waals surface area contributed by atoms with Crippen LogP contribution in [0.25, 0.3) is 11.1 Å². The fraction of sp³-hybridized carbons (Fsp3) is 0.600. The van der Waals surface area contributed by atoms with Crippen LogP contribution in [-0.4, -0.2) is 54.9 Å². The van der Waals surface area contributed by atoms with Crippen molar-refractivity contribution in [1.29, 1.82) is 0 Å². The van der Waals surface area contributed by atoms with Crippen LogP contribution in [0.15, 0.2) is 42.5 Å². The van der Waals surface area contributed by atoms with E-state index in [1.807, 2.05) is 30.3 Å². The summed E-state index contributed by atoms with van der Waals surface area (Å²) in [4.78, 5) is 25.9. The molecule has 244 valence electrons. The predicted octanol–water partition coefficient (Wildman–Crippen LogP) is 5.45. The van der Waals surface area contributed by atoms with Crippen molar-refractivity contribution in [3.05, 3.63) is 53.6 Å². The Morgan fingerprint density at radius 1 is 1.04 bits per heavy atom. The molecule has 3 atom stereocenters. The van der Waals surface area contributed by atoms with Crippen LogP contribution in [0.5, 0.6) is 5.75 Å². The lowest BCUT2D eigenvalue weighted by Crippen LogP contribution is -2.48. The summed E-state index contributed by atoms with van der Waals surface area (Å²) in [6.07, 6.45) is 7.10. The molecule has 10 heteroatoms. The molecule has 0 radical (unpaired) electrons. The zero-order valence-corrected chi connectivity index (χ0v) is 27.4. The second-order valence-electron chi connectivity index (χ2n) is 14.4. The average molecular weight is 640 g/mol. The topological polar surface area (TPSA) is 114 Å². The summed E-state index contributed by atoms with van der Waals surface area (Å²) < 4.78 is 49.0. The first-order valence-electron chi connectivity index (χ1n) is 16.5. The van der Waals surface area contributed by atoms with E-state index in [4.69, 9.17) is 4.74 Å². The molecule has 0 bridgehead atoms. The van der Waals surface area contributed by atoms with Crippen LogP contribution in [-0.2, 0) is 26.0 Å². The van der Waals surface area contributed by atoms with E-state index in [2.05, 4.69) is 35.3 Å². The number of halogens is 1. The van der Waals surface area contributed by atoms with E-state index in [1.165, 1.54) is 0 Å². The smallest absolute Gasteiger partial charge is 0.259 e. The Morgan fingerprint density at radius 3 is 2.49 bits per heavy atom. The SMILES string of the molecule is CC(C)c1ccccc1-c1cc(CC(=O)NS(=O)(=O)C2(C)CC2)ccc1O[C@@H]1CC[C@@H](NC(=O)[C@@]2(F)CNC3(CCCC3)C2)C1. The number of rotatable bonds is 10. The number of ether oxygens (including phenoxy) is 1. The second-order valence-corrected chi connectivity index (χ2v) is 16.6. The molecular formula is C35H46FN3O5S. The molecule has 3 N–H and O–H groups in total. The van der Waals surface area contributed by atoms with Crippen molar-refractivity contribution in [2.24, 2.45) is 0 Å². The fourth-order valence-corrected chi connectivity index (χ4v) is 8.67. The largest absolute Gasteiger partial charge is 0.490 e. The number of carbonyl (C=O) groups is 2. The molecule has 4 aliphatic rings. The standard InChI is InChI=1S/C35H46FN3O5S/c1-23(2)27-8-4-5-9-28(27)29-18-24(19-31(40)39-45(42,43)33(3)16-17-33)10-13-30(29)44-26-12-11-25(20-26)38-32(41)35(36)21-34(37-22-35)14-6-7-15-34/h4-5,8-10,13,18,23,25-26,37H,6-7,11-12,14-17,19-22H2,1-3H3,(H,38,41)(H,39,40)/t25-,26-,35+/m1/s1. The monoisotopic (exact) mass is 639 g/mol. The van der Waals surface area contributed by atoms with Crippen LogP contribution in [0.1, 0.15) is 102 Å². The maximum atomic E-state index is 15.8. The molecule has 0 aromatic heterocycles. The van der Waals surface area contributed by atoms with Gasteiger partial charge in [-0.15, -0.1) is 0 Å². The Morgan fingerprint density at radius 2 is 1.78 bits per heavy atom. The Hall–Kier alpha value is -2.98. The van der Waals surface area contributed by atoms with Gasteiger partial charge in [0.05, 0.1) is 11.2 Å². The van der Waals surface area contributed by atoms with E-state index in [-0.39, 0.29) is 43.0 Å². The molecule has 1 aliphatic heterocycles. The number of alkyl halides is 1. The Kier molecular flexibility index (Phi) is 8.52. The summed E-state index contributed by atoms with van der Waals surface area (Å²) in [7, 11) is -3.72. The minimum absolute atomic E-state index is 0.0692. The van der Waals surface area contributed by atoms with Gasteiger partial charge in [-0.1, -0.05) is 57.0 Å². The van der Waals surface area contributed by atoms with Crippen LogP contribution in [0.2, 0.25) is 0 Å². The van der Waals surface area contributed by atoms with Crippen molar-refractivity contribution in [2.45, 2.75) is 125 Å². The first kappa shape index (κ1) is 32.0. The molecule has 4 fully saturated rings. The number of benzene rings is 2. The van der Waals surface area contributed by atoms with Crippen molar-refractivity contribution in [3.8, 4) is 16.9 Å². The maximum absolute atomic E-state index is 15.8. The van der Waals surface area contributed by atoms with Crippen molar-refractivity contribution < 1.29 is 27.1 Å². The molecule has 1 saturated heterocycles. The number of hydrogen-bond donors (Lipinski definition) is 3. The van der Waals surface area contributed by atoms with Crippen molar-refractivity contribution in [3.63, 3.8) is 0 Å². The first-order valence-corrected chi connectivity index (χ1v) is 18.0. The highest BCUT2D eigenvalue weighted by molar-refractivity contribution is 7.91. The zero-order valence-electron chi connectivity index (χ0n) is 26.6. The number of hydrogen-bond acceptors (Lipinski definition) is 6. The van der Waals surface area contributed by atoms with Gasteiger partial charge in [-0.25, -0.2) is 12.8 Å². The van der Waals surface area contributed by atoms with Gasteiger partial charge in [-0.2, -0.15) is 0 Å². The van der Waals surface area contributed by atoms with Gasteiger partial charge in [-0.3, -0.25) is 14.3 Å². The summed E-state index contributed by atoms with van der Waals surface area (Å²) in [5, 5.41) is 6.32. The third-order valence-electron chi connectivity index (χ3n) is 10.5. The maximum Gasteiger partial charge on any atom is 0.259 e. The van der Waals surface area contributed by atoms with Gasteiger partial charge in [0.15, 0.2) is 0 Å². The Balaban J connectivity index is 1.16. The lowest BCUT2D eigenvalue weighted by molar-refractivity contribution is -0.132. The molecule has 3 aliphatic carbocycles. The summed E-state index contributed by atoms with van der Waals surface area (Å²) in [5.41, 5.74) is 1.51. The normalized spacial score (nSPS) is 26.7. The van der Waals surface area contributed by atoms with Crippen LogP contribution in [0.4, 0.5) is 4.39 Å². The van der Waals surface area contributed by atoms with E-state index in [0.29, 0.717) is 37.0 Å². The van der Waals surface area contributed by atoms with Crippen LogP contribution < -0.4 is 20.1 Å². The Labute approximate surface area is 266 Å². The van der Waals surface area contributed by atoms with Gasteiger partial charge >= 0.3 is 0 Å². The molecule has 45 heavy (non-hydrogen) atoms. The van der Waals surface area contributed by atoms with Crippen LogP contribution >= 0.6 is 0 Å². The lowest BCUT2D eigenvalue weighted by Gasteiger charge is -2.25. The molecule has 8 nitrogen and oxygen atoms in total. The molecule has 1 heterocycles. The van der Waals surface area contributed by atoms with Crippen LogP contribution in [0, 0.1) is 0 Å². The molecular weight excluding hydrogens is 593 g/mol. The molecule has 0 unspecified atom stereocenters. The third-order valence-corrected chi connectivity index (χ3v) is 12.7. The van der Waals surface area contributed by atoms with Crippen molar-refractivity contribution in [1.82, 2.24) is 15.4 Å². The minimum Gasteiger partial charge on any atom is -0.490 e. The van der Waals surface area contributed by atoms with E-state index in [0.717, 1.165) is 48.8 Å². The molecule has 2 aromatic rings. The lowest BCUT2D eigenvalue weighted by atomic mass is 9.89. The number of nitrogens with one attached hydrogen (secondary N) is 3. The number of amides is 2. The molecule has 6 rings (SSSR count). The van der Waals surface area contributed by atoms with Gasteiger partial charge in [0, 0.05) is 36.5 Å². The highest BCUT2D eigenvalue weighted by Crippen LogP contribution is 2.44. The quantitative estimate of drug-likeness (QED) is 0.319. The number of sulfonamides is 1. The summed E-state index contributed by atoms with van der Waals surface area (Å²) in [5.74, 6) is -0.182. The van der Waals surface area contributed by atoms with Gasteiger partial charge in [-0.05, 0) is 80.2 Å². The van der Waals surface area contributed by atoms with Gasteiger partial charge in [0.2, 0.25) is 21.6 Å². The summed E-state index contributed by atoms with van der Waals surface area (Å²) in [6, 6.07) is 13.5. The van der Waals surface area contributed by atoms with Gasteiger partial charge in [0.25, 0.3) is 5.91 Å². The molecule has 1 spiro atoms. The fourth-order valence-electron chi connectivity index (χ4n) is 7.41. The van der Waals surface area contributed by atoms with E-state index >= 15 is 4.39 Å². The highest BCUT2D eigenvalue weighted by Gasteiger charge is 2.54. The van der Waals surface area contributed by atoms with E-state index in [9.17, 15) is 18.0 Å². The average Bonchev–Trinajstić information content (AvgIpc) is 3.29. The minimum atomic E-state index is -3.72. The summed E-state index contributed by atoms with van der Waals surface area (Å²) in [6.45, 7) is 5.97. The molecule has 2 amide bonds. The third kappa shape index (κ3) is 6.64. The summed E-state index contributed by atoms with van der Waals surface area (Å²) >= 11 is 0.